The lowest BCUT2D eigenvalue weighted by atomic mass is 10.2. The van der Waals surface area contributed by atoms with Crippen LogP contribution in [0.25, 0.3) is 6.08 Å². The SMILES string of the molecule is CS(=O)(=O)c1cccc(NC(=O)/C=C/c2ccc3c(c2)OCO3)c1. The van der Waals surface area contributed by atoms with Crippen LogP contribution in [0.2, 0.25) is 0 Å². The molecule has 0 saturated heterocycles. The molecule has 0 spiro atoms. The fraction of sp³-hybridized carbons (Fsp3) is 0.118. The Morgan fingerprint density at radius 1 is 1.12 bits per heavy atom. The van der Waals surface area contributed by atoms with Crippen molar-refractivity contribution in [2.75, 3.05) is 18.4 Å². The predicted octanol–water partition coefficient (Wildman–Crippen LogP) is 2.47. The number of hydrogen-bond donors (Lipinski definition) is 1. The minimum atomic E-state index is -3.32. The van der Waals surface area contributed by atoms with Gasteiger partial charge in [0.1, 0.15) is 0 Å². The highest BCUT2D eigenvalue weighted by Crippen LogP contribution is 2.32. The number of sulfone groups is 1. The number of carbonyl (C=O) groups is 1. The smallest absolute Gasteiger partial charge is 0.248 e. The van der Waals surface area contributed by atoms with Gasteiger partial charge in [0.2, 0.25) is 12.7 Å². The first-order chi connectivity index (χ1) is 11.4. The van der Waals surface area contributed by atoms with Gasteiger partial charge >= 0.3 is 0 Å². The molecule has 0 atom stereocenters. The number of benzene rings is 2. The van der Waals surface area contributed by atoms with Gasteiger partial charge in [0, 0.05) is 18.0 Å². The molecule has 24 heavy (non-hydrogen) atoms. The molecule has 0 aromatic heterocycles. The monoisotopic (exact) mass is 345 g/mol. The highest BCUT2D eigenvalue weighted by atomic mass is 32.2. The first kappa shape index (κ1) is 16.1. The van der Waals surface area contributed by atoms with Crippen LogP contribution in [-0.2, 0) is 14.6 Å². The van der Waals surface area contributed by atoms with Crippen molar-refractivity contribution in [3.05, 3.63) is 54.1 Å². The molecule has 0 aliphatic carbocycles. The topological polar surface area (TPSA) is 81.7 Å². The number of rotatable bonds is 4. The van der Waals surface area contributed by atoms with Gasteiger partial charge in [-0.15, -0.1) is 0 Å². The fourth-order valence-corrected chi connectivity index (χ4v) is 2.84. The summed E-state index contributed by atoms with van der Waals surface area (Å²) >= 11 is 0. The van der Waals surface area contributed by atoms with Crippen LogP contribution in [-0.4, -0.2) is 27.4 Å². The van der Waals surface area contributed by atoms with E-state index >= 15 is 0 Å². The lowest BCUT2D eigenvalue weighted by molar-refractivity contribution is -0.111. The van der Waals surface area contributed by atoms with E-state index in [2.05, 4.69) is 5.32 Å². The van der Waals surface area contributed by atoms with Crippen molar-refractivity contribution in [1.29, 1.82) is 0 Å². The molecule has 1 aliphatic heterocycles. The van der Waals surface area contributed by atoms with Crippen molar-refractivity contribution >= 4 is 27.5 Å². The number of carbonyl (C=O) groups excluding carboxylic acids is 1. The number of anilines is 1. The summed E-state index contributed by atoms with van der Waals surface area (Å²) in [5, 5.41) is 2.63. The molecular weight excluding hydrogens is 330 g/mol. The Morgan fingerprint density at radius 2 is 1.92 bits per heavy atom. The normalized spacial score (nSPS) is 13.2. The minimum Gasteiger partial charge on any atom is -0.454 e. The zero-order valence-corrected chi connectivity index (χ0v) is 13.7. The van der Waals surface area contributed by atoms with E-state index in [0.29, 0.717) is 17.2 Å². The summed E-state index contributed by atoms with van der Waals surface area (Å²) in [5.74, 6) is 0.950. The first-order valence-electron chi connectivity index (χ1n) is 7.11. The van der Waals surface area contributed by atoms with Gasteiger partial charge in [-0.1, -0.05) is 12.1 Å². The summed E-state index contributed by atoms with van der Waals surface area (Å²) < 4.78 is 33.5. The quantitative estimate of drug-likeness (QED) is 0.861. The van der Waals surface area contributed by atoms with Crippen LogP contribution in [0.15, 0.2) is 53.4 Å². The number of amides is 1. The summed E-state index contributed by atoms with van der Waals surface area (Å²) in [6.07, 6.45) is 4.12. The maximum Gasteiger partial charge on any atom is 0.248 e. The van der Waals surface area contributed by atoms with Gasteiger partial charge in [-0.2, -0.15) is 0 Å². The van der Waals surface area contributed by atoms with Crippen LogP contribution >= 0.6 is 0 Å². The molecule has 0 fully saturated rings. The highest BCUT2D eigenvalue weighted by molar-refractivity contribution is 7.90. The summed E-state index contributed by atoms with van der Waals surface area (Å²) in [5.41, 5.74) is 1.21. The van der Waals surface area contributed by atoms with Gasteiger partial charge in [0.15, 0.2) is 21.3 Å². The molecule has 0 saturated carbocycles. The Hall–Kier alpha value is -2.80. The molecule has 0 bridgehead atoms. The molecule has 0 radical (unpaired) electrons. The molecule has 0 unspecified atom stereocenters. The first-order valence-corrected chi connectivity index (χ1v) is 9.00. The number of fused-ring (bicyclic) bond motifs is 1. The van der Waals surface area contributed by atoms with Crippen LogP contribution in [0.1, 0.15) is 5.56 Å². The number of ether oxygens (including phenoxy) is 2. The van der Waals surface area contributed by atoms with Gasteiger partial charge in [0.05, 0.1) is 4.90 Å². The summed E-state index contributed by atoms with van der Waals surface area (Å²) in [6.45, 7) is 0.194. The van der Waals surface area contributed by atoms with Crippen LogP contribution < -0.4 is 14.8 Å². The van der Waals surface area contributed by atoms with Gasteiger partial charge < -0.3 is 14.8 Å². The third kappa shape index (κ3) is 3.75. The molecule has 3 rings (SSSR count). The maximum absolute atomic E-state index is 12.0. The number of nitrogens with one attached hydrogen (secondary N) is 1. The Labute approximate surface area is 139 Å². The van der Waals surface area contributed by atoms with Crippen molar-refractivity contribution in [2.45, 2.75) is 4.90 Å². The molecule has 124 valence electrons. The third-order valence-corrected chi connectivity index (χ3v) is 4.46. The summed E-state index contributed by atoms with van der Waals surface area (Å²) in [6, 6.07) is 11.5. The average molecular weight is 345 g/mol. The second-order valence-electron chi connectivity index (χ2n) is 5.24. The van der Waals surface area contributed by atoms with Crippen molar-refractivity contribution in [3.63, 3.8) is 0 Å². The molecule has 2 aromatic carbocycles. The Bertz CT molecular complexity index is 918. The van der Waals surface area contributed by atoms with Crippen molar-refractivity contribution < 1.29 is 22.7 Å². The van der Waals surface area contributed by atoms with E-state index in [1.807, 2.05) is 6.07 Å². The van der Waals surface area contributed by atoms with Gasteiger partial charge in [-0.05, 0) is 42.0 Å². The average Bonchev–Trinajstić information content (AvgIpc) is 3.00. The van der Waals surface area contributed by atoms with Crippen molar-refractivity contribution in [1.82, 2.24) is 0 Å². The van der Waals surface area contributed by atoms with E-state index < -0.39 is 9.84 Å². The molecule has 7 heteroatoms. The lowest BCUT2D eigenvalue weighted by Crippen LogP contribution is -2.08. The molecular formula is C17H15NO5S. The Kier molecular flexibility index (Phi) is 4.26. The Morgan fingerprint density at radius 3 is 2.71 bits per heavy atom. The maximum atomic E-state index is 12.0. The van der Waals surface area contributed by atoms with Crippen LogP contribution in [0.3, 0.4) is 0 Å². The predicted molar refractivity (Wildman–Crippen MR) is 89.8 cm³/mol. The van der Waals surface area contributed by atoms with Gasteiger partial charge in [-0.3, -0.25) is 4.79 Å². The van der Waals surface area contributed by atoms with Crippen LogP contribution in [0.4, 0.5) is 5.69 Å². The molecule has 1 aliphatic rings. The van der Waals surface area contributed by atoms with E-state index in [9.17, 15) is 13.2 Å². The second kappa shape index (κ2) is 6.37. The van der Waals surface area contributed by atoms with E-state index in [1.165, 1.54) is 18.2 Å². The molecule has 1 heterocycles. The van der Waals surface area contributed by atoms with Crippen molar-refractivity contribution in [2.24, 2.45) is 0 Å². The Balaban J connectivity index is 1.69. The number of hydrogen-bond acceptors (Lipinski definition) is 5. The third-order valence-electron chi connectivity index (χ3n) is 3.35. The van der Waals surface area contributed by atoms with Gasteiger partial charge in [-0.25, -0.2) is 8.42 Å². The lowest BCUT2D eigenvalue weighted by Gasteiger charge is -2.04. The van der Waals surface area contributed by atoms with E-state index in [0.717, 1.165) is 11.8 Å². The van der Waals surface area contributed by atoms with Crippen LogP contribution in [0, 0.1) is 0 Å². The van der Waals surface area contributed by atoms with E-state index in [-0.39, 0.29) is 17.6 Å². The summed E-state index contributed by atoms with van der Waals surface area (Å²) in [4.78, 5) is 12.1. The van der Waals surface area contributed by atoms with E-state index in [1.54, 1.807) is 30.3 Å². The molecule has 1 amide bonds. The highest BCUT2D eigenvalue weighted by Gasteiger charge is 2.12. The molecule has 1 N–H and O–H groups in total. The second-order valence-corrected chi connectivity index (χ2v) is 7.25. The standard InChI is InChI=1S/C17H15NO5S/c1-24(20,21)14-4-2-3-13(10-14)18-17(19)8-6-12-5-7-15-16(9-12)23-11-22-15/h2-10H,11H2,1H3,(H,18,19)/b8-6+. The van der Waals surface area contributed by atoms with E-state index in [4.69, 9.17) is 9.47 Å². The van der Waals surface area contributed by atoms with Crippen LogP contribution in [0.5, 0.6) is 11.5 Å². The zero-order valence-electron chi connectivity index (χ0n) is 12.9. The zero-order chi connectivity index (χ0) is 17.2. The summed E-state index contributed by atoms with van der Waals surface area (Å²) in [7, 11) is -3.32. The molecule has 2 aromatic rings. The molecule has 6 nitrogen and oxygen atoms in total. The van der Waals surface area contributed by atoms with Crippen molar-refractivity contribution in [3.8, 4) is 11.5 Å². The fourth-order valence-electron chi connectivity index (χ4n) is 2.18. The largest absolute Gasteiger partial charge is 0.454 e. The minimum absolute atomic E-state index is 0.153. The van der Waals surface area contributed by atoms with Gasteiger partial charge in [0.25, 0.3) is 0 Å².